The molecule has 1 fully saturated rings. The van der Waals surface area contributed by atoms with Gasteiger partial charge in [0.1, 0.15) is 24.7 Å². The lowest BCUT2D eigenvalue weighted by Crippen LogP contribution is -2.41. The Kier molecular flexibility index (Phi) is 6.40. The van der Waals surface area contributed by atoms with Gasteiger partial charge in [0, 0.05) is 19.2 Å². The molecule has 0 saturated heterocycles. The summed E-state index contributed by atoms with van der Waals surface area (Å²) in [7, 11) is -2.81. The van der Waals surface area contributed by atoms with Crippen molar-refractivity contribution in [2.75, 3.05) is 10.0 Å². The number of aromatic nitrogens is 3. The topological polar surface area (TPSA) is 124 Å². The zero-order chi connectivity index (χ0) is 29.1. The number of fused-ring (bicyclic) bond motifs is 1. The van der Waals surface area contributed by atoms with Crippen molar-refractivity contribution in [1.82, 2.24) is 13.7 Å². The molecule has 0 unspecified atom stereocenters. The van der Waals surface area contributed by atoms with Gasteiger partial charge in [-0.25, -0.2) is 13.8 Å². The van der Waals surface area contributed by atoms with Crippen molar-refractivity contribution >= 4 is 51.4 Å². The second-order valence-electron chi connectivity index (χ2n) is 9.39. The third-order valence-corrected chi connectivity index (χ3v) is 7.53. The highest BCUT2D eigenvalue weighted by molar-refractivity contribution is 7.93. The lowest BCUT2D eigenvalue weighted by Gasteiger charge is -2.19. The molecule has 2 aromatic heterocycles. The van der Waals surface area contributed by atoms with Crippen LogP contribution < -0.4 is 32.3 Å². The summed E-state index contributed by atoms with van der Waals surface area (Å²) < 4.78 is 81.3. The van der Waals surface area contributed by atoms with Gasteiger partial charge in [0.2, 0.25) is 0 Å². The number of aryl methyl sites for hydroxylation is 1. The maximum absolute atomic E-state index is 14.7. The number of nitrogens with zero attached hydrogens (tertiary/aromatic N) is 3. The maximum Gasteiger partial charge on any atom is 0.516 e. The number of hydrogen-bond acceptors (Lipinski definition) is 6. The molecule has 4 aromatic rings. The molecule has 1 aliphatic carbocycles. The number of hydrogen-bond donors (Lipinski definition) is 2. The smallest absolute Gasteiger partial charge is 0.352 e. The fourth-order valence-corrected chi connectivity index (χ4v) is 4.89. The van der Waals surface area contributed by atoms with Gasteiger partial charge in [-0.3, -0.25) is 23.4 Å². The van der Waals surface area contributed by atoms with E-state index in [-0.39, 0.29) is 28.1 Å². The quantitative estimate of drug-likeness (QED) is 0.265. The van der Waals surface area contributed by atoms with E-state index in [1.54, 1.807) is 13.9 Å². The molecule has 0 spiro atoms. The van der Waals surface area contributed by atoms with Crippen molar-refractivity contribution in [3.05, 3.63) is 85.5 Å². The van der Waals surface area contributed by atoms with Gasteiger partial charge in [0.25, 0.3) is 11.1 Å². The van der Waals surface area contributed by atoms with E-state index in [1.807, 2.05) is 0 Å². The minimum Gasteiger partial charge on any atom is -0.352 e. The van der Waals surface area contributed by atoms with E-state index in [0.29, 0.717) is 18.3 Å². The second kappa shape index (κ2) is 9.40. The Bertz CT molecular complexity index is 1980. The molecule has 0 radical (unpaired) electrons. The van der Waals surface area contributed by atoms with E-state index < -0.39 is 49.9 Å². The van der Waals surface area contributed by atoms with Crippen LogP contribution in [0.3, 0.4) is 0 Å². The van der Waals surface area contributed by atoms with Crippen LogP contribution in [0.15, 0.2) is 62.9 Å². The standard InChI is InChI=1S/C24H20BF4N5O5S/c1-32-19(35)11-18(30-17-8-5-12(25)9-16(17)26)20-21(32)33(23(37)34(22(20)36)14-6-7-14)15-4-2-3-13(10-15)31-40(38,39)24(27,28)29/h2-5,8-11,14,30-31H,6-7,25H2,1H3. The summed E-state index contributed by atoms with van der Waals surface area (Å²) >= 11 is 0. The van der Waals surface area contributed by atoms with Crippen LogP contribution in [0.4, 0.5) is 34.6 Å². The average molecular weight is 577 g/mol. The van der Waals surface area contributed by atoms with Crippen molar-refractivity contribution < 1.29 is 26.0 Å². The van der Waals surface area contributed by atoms with Gasteiger partial charge in [-0.05, 0) is 43.2 Å². The van der Waals surface area contributed by atoms with Crippen LogP contribution in [0.5, 0.6) is 0 Å². The van der Waals surface area contributed by atoms with Crippen LogP contribution in [0, 0.1) is 5.82 Å². The normalized spacial score (nSPS) is 13.9. The third kappa shape index (κ3) is 4.67. The molecule has 5 rings (SSSR count). The van der Waals surface area contributed by atoms with Crippen molar-refractivity contribution in [3.8, 4) is 5.69 Å². The summed E-state index contributed by atoms with van der Waals surface area (Å²) in [4.78, 5) is 40.3. The molecule has 0 atom stereocenters. The van der Waals surface area contributed by atoms with E-state index in [2.05, 4.69) is 5.32 Å². The molecule has 10 nitrogen and oxygen atoms in total. The number of alkyl halides is 3. The molecule has 2 aromatic carbocycles. The Labute approximate surface area is 223 Å². The predicted molar refractivity (Wildman–Crippen MR) is 144 cm³/mol. The maximum atomic E-state index is 14.7. The number of nitrogens with one attached hydrogen (secondary N) is 2. The molecule has 0 aliphatic heterocycles. The molecule has 16 heteroatoms. The van der Waals surface area contributed by atoms with Crippen LogP contribution in [0.25, 0.3) is 16.7 Å². The fraction of sp³-hybridized carbons (Fsp3) is 0.208. The SMILES string of the molecule is Bc1ccc(Nc2cc(=O)n(C)c3c2c(=O)n(C2CC2)c(=O)n3-c2cccc(NS(=O)(=O)C(F)(F)F)c2)c(F)c1. The molecule has 208 valence electrons. The van der Waals surface area contributed by atoms with Crippen LogP contribution in [-0.2, 0) is 17.1 Å². The van der Waals surface area contributed by atoms with E-state index in [9.17, 15) is 40.4 Å². The summed E-state index contributed by atoms with van der Waals surface area (Å²) in [5, 5.41) is 2.60. The van der Waals surface area contributed by atoms with Crippen molar-refractivity contribution in [1.29, 1.82) is 0 Å². The fourth-order valence-electron chi connectivity index (χ4n) is 4.34. The van der Waals surface area contributed by atoms with Crippen molar-refractivity contribution in [2.24, 2.45) is 7.05 Å². The Morgan fingerprint density at radius 1 is 1.00 bits per heavy atom. The van der Waals surface area contributed by atoms with Gasteiger partial charge in [-0.2, -0.15) is 21.6 Å². The highest BCUT2D eigenvalue weighted by atomic mass is 32.2. The molecule has 1 saturated carbocycles. The van der Waals surface area contributed by atoms with Crippen LogP contribution in [0.1, 0.15) is 18.9 Å². The van der Waals surface area contributed by atoms with Gasteiger partial charge in [0.05, 0.1) is 22.7 Å². The third-order valence-electron chi connectivity index (χ3n) is 6.42. The summed E-state index contributed by atoms with van der Waals surface area (Å²) in [6.07, 6.45) is 1.01. The lowest BCUT2D eigenvalue weighted by molar-refractivity contribution is -0.0429. The molecule has 40 heavy (non-hydrogen) atoms. The number of pyridine rings is 1. The van der Waals surface area contributed by atoms with Crippen molar-refractivity contribution in [3.63, 3.8) is 0 Å². The van der Waals surface area contributed by atoms with E-state index in [1.165, 1.54) is 36.0 Å². The van der Waals surface area contributed by atoms with Gasteiger partial charge in [-0.15, -0.1) is 0 Å². The second-order valence-corrected chi connectivity index (χ2v) is 11.1. The first-order valence-corrected chi connectivity index (χ1v) is 13.3. The summed E-state index contributed by atoms with van der Waals surface area (Å²) in [5.74, 6) is -0.658. The Morgan fingerprint density at radius 2 is 1.70 bits per heavy atom. The lowest BCUT2D eigenvalue weighted by atomic mass is 9.96. The minimum absolute atomic E-state index is 0.0428. The summed E-state index contributed by atoms with van der Waals surface area (Å²) in [6, 6.07) is 9.40. The summed E-state index contributed by atoms with van der Waals surface area (Å²) in [6.45, 7) is 0. The van der Waals surface area contributed by atoms with Gasteiger partial charge < -0.3 is 5.32 Å². The molecule has 1 aliphatic rings. The number of anilines is 3. The number of sulfonamides is 1. The van der Waals surface area contributed by atoms with E-state index in [0.717, 1.165) is 31.9 Å². The number of rotatable bonds is 6. The van der Waals surface area contributed by atoms with E-state index >= 15 is 0 Å². The van der Waals surface area contributed by atoms with Crippen LogP contribution in [-0.4, -0.2) is 35.5 Å². The van der Waals surface area contributed by atoms with Gasteiger partial charge in [-0.1, -0.05) is 17.6 Å². The molecule has 2 N–H and O–H groups in total. The first-order chi connectivity index (χ1) is 18.7. The molecule has 2 heterocycles. The Hall–Kier alpha value is -4.34. The first kappa shape index (κ1) is 27.2. The first-order valence-electron chi connectivity index (χ1n) is 11.8. The van der Waals surface area contributed by atoms with Gasteiger partial charge in [0.15, 0.2) is 0 Å². The molecular weight excluding hydrogens is 557 g/mol. The largest absolute Gasteiger partial charge is 0.516 e. The van der Waals surface area contributed by atoms with Crippen LogP contribution in [0.2, 0.25) is 0 Å². The van der Waals surface area contributed by atoms with Crippen molar-refractivity contribution in [2.45, 2.75) is 24.4 Å². The van der Waals surface area contributed by atoms with Crippen LogP contribution >= 0.6 is 0 Å². The van der Waals surface area contributed by atoms with E-state index in [4.69, 9.17) is 0 Å². The number of benzene rings is 2. The zero-order valence-electron chi connectivity index (χ0n) is 20.9. The highest BCUT2D eigenvalue weighted by Gasteiger charge is 2.46. The predicted octanol–water partition coefficient (Wildman–Crippen LogP) is 1.59. The monoisotopic (exact) mass is 577 g/mol. The zero-order valence-corrected chi connectivity index (χ0v) is 21.7. The Balaban J connectivity index is 1.81. The highest BCUT2D eigenvalue weighted by Crippen LogP contribution is 2.34. The molecule has 0 bridgehead atoms. The molecule has 0 amide bonds. The average Bonchev–Trinajstić information content (AvgIpc) is 3.68. The molecular formula is C24H20BF4N5O5S. The minimum atomic E-state index is -5.78. The Morgan fingerprint density at radius 3 is 2.33 bits per heavy atom. The van der Waals surface area contributed by atoms with Gasteiger partial charge >= 0.3 is 21.2 Å². The number of halogens is 4. The summed E-state index contributed by atoms with van der Waals surface area (Å²) in [5.41, 5.74) is -8.30.